The molecule has 0 aromatic carbocycles. The van der Waals surface area contributed by atoms with Gasteiger partial charge < -0.3 is 19.9 Å². The lowest BCUT2D eigenvalue weighted by Crippen LogP contribution is -2.57. The van der Waals surface area contributed by atoms with Crippen LogP contribution in [0.3, 0.4) is 0 Å². The van der Waals surface area contributed by atoms with Crippen molar-refractivity contribution < 1.29 is 69.2 Å². The maximum absolute atomic E-state index is 10.6. The lowest BCUT2D eigenvalue weighted by Gasteiger charge is -2.50. The van der Waals surface area contributed by atoms with E-state index in [1.807, 2.05) is 11.3 Å². The molecule has 3 N–H and O–H groups in total. The van der Waals surface area contributed by atoms with Gasteiger partial charge in [0.1, 0.15) is 5.82 Å². The molecular formula is C25H31F9N4O6S. The predicted molar refractivity (Wildman–Crippen MR) is 141 cm³/mol. The fourth-order valence-corrected chi connectivity index (χ4v) is 5.50. The molecular weight excluding hydrogens is 655 g/mol. The van der Waals surface area contributed by atoms with Crippen molar-refractivity contribution in [2.24, 2.45) is 0 Å². The summed E-state index contributed by atoms with van der Waals surface area (Å²) in [7, 11) is 0. The number of likely N-dealkylation sites (tertiary alicyclic amines) is 1. The van der Waals surface area contributed by atoms with E-state index in [2.05, 4.69) is 53.5 Å². The summed E-state index contributed by atoms with van der Waals surface area (Å²) in [6, 6.07) is 4.53. The molecule has 0 atom stereocenters. The largest absolute Gasteiger partial charge is 0.490 e. The second-order valence-electron chi connectivity index (χ2n) is 9.68. The van der Waals surface area contributed by atoms with Crippen LogP contribution in [0.1, 0.15) is 41.0 Å². The van der Waals surface area contributed by atoms with Gasteiger partial charge >= 0.3 is 36.4 Å². The summed E-state index contributed by atoms with van der Waals surface area (Å²) in [5, 5.41) is 21.4. The summed E-state index contributed by atoms with van der Waals surface area (Å²) in [4.78, 5) is 39.8. The molecule has 0 saturated carbocycles. The Morgan fingerprint density at radius 3 is 1.62 bits per heavy atom. The number of fused-ring (bicyclic) bond motifs is 2. The molecule has 2 aliphatic rings. The molecule has 4 rings (SSSR count). The van der Waals surface area contributed by atoms with Crippen molar-refractivity contribution in [3.05, 3.63) is 39.6 Å². The first-order chi connectivity index (χ1) is 20.5. The van der Waals surface area contributed by atoms with E-state index in [0.29, 0.717) is 0 Å². The van der Waals surface area contributed by atoms with Gasteiger partial charge in [-0.2, -0.15) is 39.5 Å². The van der Waals surface area contributed by atoms with Crippen molar-refractivity contribution in [1.82, 2.24) is 19.4 Å². The highest BCUT2D eigenvalue weighted by Gasteiger charge is 2.46. The van der Waals surface area contributed by atoms with Crippen molar-refractivity contribution in [2.75, 3.05) is 26.2 Å². The Hall–Kier alpha value is -3.39. The van der Waals surface area contributed by atoms with Gasteiger partial charge in [-0.05, 0) is 45.4 Å². The smallest absolute Gasteiger partial charge is 0.475 e. The van der Waals surface area contributed by atoms with Crippen LogP contribution in [0.15, 0.2) is 18.3 Å². The highest BCUT2D eigenvalue weighted by Crippen LogP contribution is 2.41. The minimum absolute atomic E-state index is 0.156. The lowest BCUT2D eigenvalue weighted by molar-refractivity contribution is -0.193. The molecule has 1 spiro atoms. The van der Waals surface area contributed by atoms with Crippen LogP contribution in [-0.2, 0) is 33.0 Å². The predicted octanol–water partition coefficient (Wildman–Crippen LogP) is 5.29. The third-order valence-corrected chi connectivity index (χ3v) is 7.62. The average molecular weight is 687 g/mol. The van der Waals surface area contributed by atoms with Crippen LogP contribution in [0.5, 0.6) is 0 Å². The van der Waals surface area contributed by atoms with Gasteiger partial charge in [0.15, 0.2) is 0 Å². The Kier molecular flexibility index (Phi) is 13.9. The van der Waals surface area contributed by atoms with Crippen molar-refractivity contribution >= 4 is 29.2 Å². The van der Waals surface area contributed by atoms with Crippen LogP contribution in [0.4, 0.5) is 39.5 Å². The number of piperidine rings is 1. The number of aromatic nitrogens is 2. The van der Waals surface area contributed by atoms with Gasteiger partial charge in [0.05, 0.1) is 5.54 Å². The molecule has 1 saturated heterocycles. The minimum Gasteiger partial charge on any atom is -0.475 e. The first kappa shape index (κ1) is 39.6. The summed E-state index contributed by atoms with van der Waals surface area (Å²) >= 11 is 1.94. The van der Waals surface area contributed by atoms with E-state index in [-0.39, 0.29) is 5.54 Å². The van der Waals surface area contributed by atoms with E-state index in [0.717, 1.165) is 26.2 Å². The number of hydrogen-bond acceptors (Lipinski definition) is 7. The fourth-order valence-electron chi connectivity index (χ4n) is 4.56. The van der Waals surface area contributed by atoms with Gasteiger partial charge in [0.2, 0.25) is 0 Å². The van der Waals surface area contributed by atoms with Crippen LogP contribution >= 0.6 is 11.3 Å². The molecule has 20 heteroatoms. The van der Waals surface area contributed by atoms with Gasteiger partial charge in [-0.25, -0.2) is 19.4 Å². The number of carboxylic acids is 3. The number of halogens is 9. The second kappa shape index (κ2) is 15.7. The number of thiophene rings is 1. The number of rotatable bonds is 3. The van der Waals surface area contributed by atoms with E-state index in [4.69, 9.17) is 34.7 Å². The van der Waals surface area contributed by atoms with Crippen molar-refractivity contribution in [2.45, 2.75) is 70.8 Å². The van der Waals surface area contributed by atoms with Crippen molar-refractivity contribution in [1.29, 1.82) is 0 Å². The molecule has 45 heavy (non-hydrogen) atoms. The number of nitrogens with zero attached hydrogens (tertiary/aromatic N) is 4. The molecule has 1 fully saturated rings. The third-order valence-electron chi connectivity index (χ3n) is 6.64. The Morgan fingerprint density at radius 2 is 1.27 bits per heavy atom. The molecule has 2 aliphatic heterocycles. The molecule has 2 aromatic rings. The van der Waals surface area contributed by atoms with Gasteiger partial charge in [0.25, 0.3) is 0 Å². The van der Waals surface area contributed by atoms with E-state index >= 15 is 0 Å². The molecule has 0 radical (unpaired) electrons. The summed E-state index contributed by atoms with van der Waals surface area (Å²) < 4.78 is 97.7. The van der Waals surface area contributed by atoms with Crippen LogP contribution in [0.25, 0.3) is 0 Å². The molecule has 0 bridgehead atoms. The lowest BCUT2D eigenvalue weighted by atomic mass is 9.83. The van der Waals surface area contributed by atoms with E-state index in [1.54, 1.807) is 0 Å². The van der Waals surface area contributed by atoms with E-state index in [9.17, 15) is 39.5 Å². The maximum atomic E-state index is 10.6. The van der Waals surface area contributed by atoms with Crippen LogP contribution in [0.2, 0.25) is 0 Å². The standard InChI is InChI=1S/C19H28N4S.3C2HF3O2/c1-4-22-11-12-23-15(2)13-20-18(23)19(22)7-9-21(10-8-19)14-17-6-5-16(3)24-17;3*3-2(4,5)1(6)7/h5-6,13H,4,7-12,14H2,1-3H3;3*(H,6,7). The zero-order valence-corrected chi connectivity index (χ0v) is 24.9. The number of carboxylic acid groups (broad SMARTS) is 3. The highest BCUT2D eigenvalue weighted by atomic mass is 32.1. The normalized spacial score (nSPS) is 16.6. The topological polar surface area (TPSA) is 136 Å². The summed E-state index contributed by atoms with van der Waals surface area (Å²) in [6.07, 6.45) is -10.8. The number of carbonyl (C=O) groups is 3. The number of alkyl halides is 9. The Morgan fingerprint density at radius 1 is 0.822 bits per heavy atom. The quantitative estimate of drug-likeness (QED) is 0.368. The molecule has 4 heterocycles. The Labute approximate surface area is 254 Å². The average Bonchev–Trinajstić information content (AvgIpc) is 3.50. The van der Waals surface area contributed by atoms with Crippen molar-refractivity contribution in [3.8, 4) is 0 Å². The van der Waals surface area contributed by atoms with Gasteiger partial charge in [-0.15, -0.1) is 11.3 Å². The second-order valence-corrected chi connectivity index (χ2v) is 11.1. The van der Waals surface area contributed by atoms with E-state index in [1.165, 1.54) is 47.2 Å². The summed E-state index contributed by atoms with van der Waals surface area (Å²) in [5.74, 6) is -6.95. The molecule has 0 amide bonds. The number of aliphatic carboxylic acids is 3. The number of aryl methyl sites for hydroxylation is 2. The first-order valence-electron chi connectivity index (χ1n) is 12.9. The SMILES string of the molecule is CCN1CCn2c(C)cnc2C12CCN(Cc1ccc(C)s1)CC2.O=C(O)C(F)(F)F.O=C(O)C(F)(F)F.O=C(O)C(F)(F)F. The summed E-state index contributed by atoms with van der Waals surface area (Å²) in [5.41, 5.74) is 1.47. The highest BCUT2D eigenvalue weighted by molar-refractivity contribution is 7.11. The Balaban J connectivity index is 0.000000396. The van der Waals surface area contributed by atoms with Gasteiger partial charge in [-0.1, -0.05) is 6.92 Å². The van der Waals surface area contributed by atoms with Gasteiger partial charge in [-0.3, -0.25) is 9.80 Å². The zero-order valence-electron chi connectivity index (χ0n) is 24.1. The molecule has 10 nitrogen and oxygen atoms in total. The fraction of sp³-hybridized carbons (Fsp3) is 0.600. The zero-order chi connectivity index (χ0) is 35.0. The number of hydrogen-bond donors (Lipinski definition) is 3. The number of likely N-dealkylation sites (N-methyl/N-ethyl adjacent to an activating group) is 1. The van der Waals surface area contributed by atoms with Crippen molar-refractivity contribution in [3.63, 3.8) is 0 Å². The molecule has 0 aliphatic carbocycles. The van der Waals surface area contributed by atoms with Crippen LogP contribution in [0, 0.1) is 13.8 Å². The monoisotopic (exact) mass is 686 g/mol. The van der Waals surface area contributed by atoms with E-state index < -0.39 is 36.4 Å². The maximum Gasteiger partial charge on any atom is 0.490 e. The molecule has 0 unspecified atom stereocenters. The van der Waals surface area contributed by atoms with Crippen LogP contribution < -0.4 is 0 Å². The third kappa shape index (κ3) is 11.8. The first-order valence-corrected chi connectivity index (χ1v) is 13.7. The molecule has 2 aromatic heterocycles. The minimum atomic E-state index is -5.08. The summed E-state index contributed by atoms with van der Waals surface area (Å²) in [6.45, 7) is 13.5. The van der Waals surface area contributed by atoms with Gasteiger partial charge in [0, 0.05) is 54.4 Å². The number of imidazole rings is 1. The van der Waals surface area contributed by atoms with Crippen LogP contribution in [-0.4, -0.2) is 97.3 Å². The Bertz CT molecular complexity index is 1230. The molecule has 256 valence electrons.